The summed E-state index contributed by atoms with van der Waals surface area (Å²) in [5.74, 6) is 1.72. The minimum absolute atomic E-state index is 0.222. The van der Waals surface area contributed by atoms with Crippen LogP contribution in [0.2, 0.25) is 0 Å². The van der Waals surface area contributed by atoms with Crippen LogP contribution in [0.25, 0.3) is 0 Å². The lowest BCUT2D eigenvalue weighted by molar-refractivity contribution is -0.115. The maximum atomic E-state index is 12.1. The molecule has 0 unspecified atom stereocenters. The molecule has 0 amide bonds. The molecule has 1 aliphatic rings. The van der Waals surface area contributed by atoms with Crippen molar-refractivity contribution in [1.29, 1.82) is 0 Å². The Morgan fingerprint density at radius 2 is 1.83 bits per heavy atom. The lowest BCUT2D eigenvalue weighted by Crippen LogP contribution is -2.22. The van der Waals surface area contributed by atoms with Gasteiger partial charge in [-0.1, -0.05) is 0 Å². The molecule has 0 atom stereocenters. The number of alkyl halides is 3. The molecule has 0 aromatic carbocycles. The third kappa shape index (κ3) is 3.75. The number of nitrogens with zero attached hydrogens (tertiary/aromatic N) is 2. The Balaban J connectivity index is 2.12. The summed E-state index contributed by atoms with van der Waals surface area (Å²) in [5.41, 5.74) is 0. The Morgan fingerprint density at radius 1 is 1.22 bits per heavy atom. The summed E-state index contributed by atoms with van der Waals surface area (Å²) in [6.07, 6.45) is -2.23. The van der Waals surface area contributed by atoms with Gasteiger partial charge in [-0.05, 0) is 19.8 Å². The number of anilines is 2. The third-order valence-electron chi connectivity index (χ3n) is 2.51. The van der Waals surface area contributed by atoms with Gasteiger partial charge in [-0.2, -0.15) is 13.2 Å². The molecule has 1 aromatic heterocycles. The summed E-state index contributed by atoms with van der Waals surface area (Å²) in [7, 11) is 0. The zero-order chi connectivity index (χ0) is 13.2. The molecule has 18 heavy (non-hydrogen) atoms. The van der Waals surface area contributed by atoms with E-state index in [2.05, 4.69) is 20.6 Å². The van der Waals surface area contributed by atoms with Crippen molar-refractivity contribution in [2.24, 2.45) is 0 Å². The van der Waals surface area contributed by atoms with Gasteiger partial charge in [0.2, 0.25) is 0 Å². The number of hydrogen-bond donors (Lipinski definition) is 2. The highest BCUT2D eigenvalue weighted by molar-refractivity contribution is 5.48. The van der Waals surface area contributed by atoms with E-state index in [1.165, 1.54) is 6.07 Å². The molecule has 0 aliphatic heterocycles. The van der Waals surface area contributed by atoms with Crippen molar-refractivity contribution >= 4 is 11.6 Å². The van der Waals surface area contributed by atoms with Crippen LogP contribution < -0.4 is 10.6 Å². The monoisotopic (exact) mass is 260 g/mol. The zero-order valence-corrected chi connectivity index (χ0v) is 10.0. The number of aromatic nitrogens is 2. The van der Waals surface area contributed by atoms with E-state index in [1.54, 1.807) is 0 Å². The van der Waals surface area contributed by atoms with Gasteiger partial charge in [0.1, 0.15) is 24.0 Å². The van der Waals surface area contributed by atoms with Gasteiger partial charge in [0.15, 0.2) is 0 Å². The largest absolute Gasteiger partial charge is 0.405 e. The van der Waals surface area contributed by atoms with Crippen molar-refractivity contribution in [1.82, 2.24) is 9.97 Å². The average Bonchev–Trinajstić information content (AvgIpc) is 3.09. The fourth-order valence-corrected chi connectivity index (χ4v) is 1.54. The third-order valence-corrected chi connectivity index (χ3v) is 2.51. The standard InChI is InChI=1S/C11H15F3N4/c1-2-15-8-5-9(16-6-11(12,13)14)18-10(17-8)7-3-4-7/h5,7H,2-4,6H2,1H3,(H2,15,16,17,18). The molecule has 1 fully saturated rings. The first kappa shape index (κ1) is 12.9. The number of nitrogens with one attached hydrogen (secondary N) is 2. The molecule has 7 heteroatoms. The molecule has 2 rings (SSSR count). The van der Waals surface area contributed by atoms with Gasteiger partial charge in [-0.25, -0.2) is 9.97 Å². The Bertz CT molecular complexity index is 415. The van der Waals surface area contributed by atoms with E-state index in [-0.39, 0.29) is 5.82 Å². The van der Waals surface area contributed by atoms with Crippen molar-refractivity contribution in [3.05, 3.63) is 11.9 Å². The molecule has 1 aliphatic carbocycles. The van der Waals surface area contributed by atoms with Crippen LogP contribution in [0.1, 0.15) is 31.5 Å². The van der Waals surface area contributed by atoms with Crippen LogP contribution >= 0.6 is 0 Å². The van der Waals surface area contributed by atoms with E-state index in [0.717, 1.165) is 12.8 Å². The van der Waals surface area contributed by atoms with E-state index in [4.69, 9.17) is 0 Å². The van der Waals surface area contributed by atoms with E-state index < -0.39 is 12.7 Å². The maximum Gasteiger partial charge on any atom is 0.405 e. The van der Waals surface area contributed by atoms with Crippen molar-refractivity contribution in [3.63, 3.8) is 0 Å². The van der Waals surface area contributed by atoms with E-state index >= 15 is 0 Å². The Hall–Kier alpha value is -1.53. The van der Waals surface area contributed by atoms with Crippen molar-refractivity contribution < 1.29 is 13.2 Å². The highest BCUT2D eigenvalue weighted by Crippen LogP contribution is 2.38. The van der Waals surface area contributed by atoms with Gasteiger partial charge >= 0.3 is 6.18 Å². The van der Waals surface area contributed by atoms with Crippen molar-refractivity contribution in [2.45, 2.75) is 31.9 Å². The summed E-state index contributed by atoms with van der Waals surface area (Å²) in [4.78, 5) is 8.40. The summed E-state index contributed by atoms with van der Waals surface area (Å²) in [5, 5.41) is 5.29. The van der Waals surface area contributed by atoms with Crippen LogP contribution in [0.5, 0.6) is 0 Å². The molecule has 1 saturated carbocycles. The fraction of sp³-hybridized carbons (Fsp3) is 0.636. The van der Waals surface area contributed by atoms with Crippen molar-refractivity contribution in [2.75, 3.05) is 23.7 Å². The van der Waals surface area contributed by atoms with Gasteiger partial charge in [-0.15, -0.1) is 0 Å². The van der Waals surface area contributed by atoms with Gasteiger partial charge in [0.05, 0.1) is 0 Å². The number of halogens is 3. The second-order valence-corrected chi connectivity index (χ2v) is 4.27. The lowest BCUT2D eigenvalue weighted by atomic mass is 10.3. The molecule has 0 bridgehead atoms. The lowest BCUT2D eigenvalue weighted by Gasteiger charge is -2.11. The summed E-state index contributed by atoms with van der Waals surface area (Å²) >= 11 is 0. The Morgan fingerprint density at radius 3 is 2.33 bits per heavy atom. The van der Waals surface area contributed by atoms with Crippen LogP contribution in [0.15, 0.2) is 6.07 Å². The predicted molar refractivity (Wildman–Crippen MR) is 62.7 cm³/mol. The van der Waals surface area contributed by atoms with E-state index in [1.807, 2.05) is 6.92 Å². The Labute approximate surface area is 103 Å². The number of rotatable bonds is 5. The van der Waals surface area contributed by atoms with Crippen LogP contribution in [-0.4, -0.2) is 29.2 Å². The molecule has 0 spiro atoms. The summed E-state index contributed by atoms with van der Waals surface area (Å²) in [6.45, 7) is 1.49. The van der Waals surface area contributed by atoms with Crippen molar-refractivity contribution in [3.8, 4) is 0 Å². The maximum absolute atomic E-state index is 12.1. The molecular formula is C11H15F3N4. The SMILES string of the molecule is CCNc1cc(NCC(F)(F)F)nc(C2CC2)n1. The summed E-state index contributed by atoms with van der Waals surface area (Å²) < 4.78 is 36.4. The fourth-order valence-electron chi connectivity index (χ4n) is 1.54. The number of hydrogen-bond acceptors (Lipinski definition) is 4. The van der Waals surface area contributed by atoms with Gasteiger partial charge in [0, 0.05) is 18.5 Å². The predicted octanol–water partition coefficient (Wildman–Crippen LogP) is 2.76. The molecule has 0 radical (unpaired) electrons. The second kappa shape index (κ2) is 4.99. The highest BCUT2D eigenvalue weighted by Gasteiger charge is 2.29. The first-order valence-corrected chi connectivity index (χ1v) is 5.91. The quantitative estimate of drug-likeness (QED) is 0.854. The molecule has 100 valence electrons. The molecule has 1 heterocycles. The van der Waals surface area contributed by atoms with Crippen LogP contribution in [0, 0.1) is 0 Å². The van der Waals surface area contributed by atoms with Gasteiger partial charge in [-0.3, -0.25) is 0 Å². The van der Waals surface area contributed by atoms with Crippen LogP contribution in [0.3, 0.4) is 0 Å². The average molecular weight is 260 g/mol. The first-order valence-electron chi connectivity index (χ1n) is 5.91. The van der Waals surface area contributed by atoms with Crippen LogP contribution in [-0.2, 0) is 0 Å². The van der Waals surface area contributed by atoms with Gasteiger partial charge in [0.25, 0.3) is 0 Å². The molecule has 1 aromatic rings. The Kier molecular flexibility index (Phi) is 3.58. The topological polar surface area (TPSA) is 49.8 Å². The molecule has 4 nitrogen and oxygen atoms in total. The van der Waals surface area contributed by atoms with E-state index in [0.29, 0.717) is 24.1 Å². The van der Waals surface area contributed by atoms with Gasteiger partial charge < -0.3 is 10.6 Å². The molecule has 0 saturated heterocycles. The smallest absolute Gasteiger partial charge is 0.370 e. The highest BCUT2D eigenvalue weighted by atomic mass is 19.4. The normalized spacial score (nSPS) is 15.6. The summed E-state index contributed by atoms with van der Waals surface area (Å²) in [6, 6.07) is 1.50. The molecular weight excluding hydrogens is 245 g/mol. The first-order chi connectivity index (χ1) is 8.48. The molecule has 2 N–H and O–H groups in total. The minimum atomic E-state index is -4.25. The second-order valence-electron chi connectivity index (χ2n) is 4.27. The minimum Gasteiger partial charge on any atom is -0.370 e. The zero-order valence-electron chi connectivity index (χ0n) is 10.0. The van der Waals surface area contributed by atoms with Crippen LogP contribution in [0.4, 0.5) is 24.8 Å². The van der Waals surface area contributed by atoms with E-state index in [9.17, 15) is 13.2 Å².